The zero-order valence-electron chi connectivity index (χ0n) is 10.6. The lowest BCUT2D eigenvalue weighted by molar-refractivity contribution is -0.695. The molecule has 1 aliphatic heterocycles. The van der Waals surface area contributed by atoms with Crippen LogP contribution in [0.5, 0.6) is 17.2 Å². The van der Waals surface area contributed by atoms with Gasteiger partial charge in [0.15, 0.2) is 23.9 Å². The Labute approximate surface area is 106 Å². The van der Waals surface area contributed by atoms with Crippen molar-refractivity contribution >= 4 is 10.8 Å². The lowest BCUT2D eigenvalue weighted by Crippen LogP contribution is -2.32. The molecule has 0 amide bonds. The van der Waals surface area contributed by atoms with Crippen LogP contribution in [-0.2, 0) is 6.54 Å². The molecule has 0 aliphatic carbocycles. The first-order valence-electron chi connectivity index (χ1n) is 6.13. The van der Waals surface area contributed by atoms with Crippen LogP contribution in [0.4, 0.5) is 0 Å². The number of ether oxygens (including phenoxy) is 3. The number of methoxy groups -OCH3 is 1. The van der Waals surface area contributed by atoms with E-state index >= 15 is 0 Å². The Balaban J connectivity index is 2.24. The van der Waals surface area contributed by atoms with Gasteiger partial charge >= 0.3 is 0 Å². The first-order chi connectivity index (χ1) is 8.83. The van der Waals surface area contributed by atoms with Gasteiger partial charge in [0, 0.05) is 17.9 Å². The topological polar surface area (TPSA) is 31.6 Å². The van der Waals surface area contributed by atoms with Crippen molar-refractivity contribution in [3.05, 3.63) is 24.5 Å². The van der Waals surface area contributed by atoms with Gasteiger partial charge in [0.05, 0.1) is 12.5 Å². The fourth-order valence-electron chi connectivity index (χ4n) is 2.30. The van der Waals surface area contributed by atoms with Crippen LogP contribution in [0.2, 0.25) is 0 Å². The van der Waals surface area contributed by atoms with E-state index < -0.39 is 0 Å². The summed E-state index contributed by atoms with van der Waals surface area (Å²) < 4.78 is 18.5. The molecule has 2 aromatic rings. The van der Waals surface area contributed by atoms with Gasteiger partial charge in [-0.2, -0.15) is 0 Å². The minimum absolute atomic E-state index is 0.261. The number of aryl methyl sites for hydroxylation is 1. The first kappa shape index (κ1) is 11.1. The van der Waals surface area contributed by atoms with E-state index in [1.54, 1.807) is 7.11 Å². The fourth-order valence-corrected chi connectivity index (χ4v) is 2.30. The highest BCUT2D eigenvalue weighted by Gasteiger charge is 2.23. The summed E-state index contributed by atoms with van der Waals surface area (Å²) in [5, 5.41) is 2.15. The molecule has 4 heteroatoms. The van der Waals surface area contributed by atoms with Crippen molar-refractivity contribution in [3.63, 3.8) is 0 Å². The number of hydrogen-bond acceptors (Lipinski definition) is 3. The minimum Gasteiger partial charge on any atom is -0.492 e. The van der Waals surface area contributed by atoms with Crippen LogP contribution in [0.25, 0.3) is 10.8 Å². The largest absolute Gasteiger partial charge is 0.492 e. The van der Waals surface area contributed by atoms with Gasteiger partial charge in [0.1, 0.15) is 6.54 Å². The molecule has 0 bridgehead atoms. The molecule has 0 N–H and O–H groups in total. The van der Waals surface area contributed by atoms with Gasteiger partial charge in [-0.25, -0.2) is 4.57 Å². The summed E-state index contributed by atoms with van der Waals surface area (Å²) in [6, 6.07) is 4.08. The summed E-state index contributed by atoms with van der Waals surface area (Å²) in [6.07, 6.45) is 5.27. The van der Waals surface area contributed by atoms with E-state index in [4.69, 9.17) is 14.2 Å². The van der Waals surface area contributed by atoms with E-state index in [0.29, 0.717) is 5.75 Å². The first-order valence-corrected chi connectivity index (χ1v) is 6.13. The zero-order valence-corrected chi connectivity index (χ0v) is 10.6. The lowest BCUT2D eigenvalue weighted by atomic mass is 10.1. The number of nitrogens with zero attached hydrogens (tertiary/aromatic N) is 1. The van der Waals surface area contributed by atoms with Crippen molar-refractivity contribution in [2.75, 3.05) is 13.9 Å². The second-order valence-corrected chi connectivity index (χ2v) is 4.33. The van der Waals surface area contributed by atoms with E-state index in [0.717, 1.165) is 35.2 Å². The molecular weight excluding hydrogens is 230 g/mol. The van der Waals surface area contributed by atoms with Crippen LogP contribution in [0, 0.1) is 0 Å². The minimum atomic E-state index is 0.261. The smallest absolute Gasteiger partial charge is 0.231 e. The molecule has 0 radical (unpaired) electrons. The summed E-state index contributed by atoms with van der Waals surface area (Å²) in [4.78, 5) is 0. The quantitative estimate of drug-likeness (QED) is 0.779. The summed E-state index contributed by atoms with van der Waals surface area (Å²) in [5.41, 5.74) is 0. The third kappa shape index (κ3) is 1.65. The van der Waals surface area contributed by atoms with Gasteiger partial charge in [0.2, 0.25) is 12.5 Å². The number of fused-ring (bicyclic) bond motifs is 2. The summed E-state index contributed by atoms with van der Waals surface area (Å²) in [6.45, 7) is 3.42. The molecular formula is C14H16NO3+. The van der Waals surface area contributed by atoms with Crippen molar-refractivity contribution in [2.24, 2.45) is 0 Å². The SMILES string of the molecule is CCC[n+]1ccc2cc3c(c(OC)c2c1)OCO3. The van der Waals surface area contributed by atoms with Crippen LogP contribution in [-0.4, -0.2) is 13.9 Å². The third-order valence-corrected chi connectivity index (χ3v) is 3.12. The number of pyridine rings is 1. The van der Waals surface area contributed by atoms with E-state index in [1.165, 1.54) is 0 Å². The van der Waals surface area contributed by atoms with Crippen molar-refractivity contribution in [2.45, 2.75) is 19.9 Å². The summed E-state index contributed by atoms with van der Waals surface area (Å²) in [7, 11) is 1.66. The molecule has 4 nitrogen and oxygen atoms in total. The maximum atomic E-state index is 5.49. The average Bonchev–Trinajstić information content (AvgIpc) is 2.84. The molecule has 2 heterocycles. The highest BCUT2D eigenvalue weighted by Crippen LogP contribution is 2.45. The highest BCUT2D eigenvalue weighted by molar-refractivity contribution is 5.92. The maximum Gasteiger partial charge on any atom is 0.231 e. The molecule has 3 rings (SSSR count). The normalized spacial score (nSPS) is 13.0. The summed E-state index contributed by atoms with van der Waals surface area (Å²) in [5.74, 6) is 2.22. The van der Waals surface area contributed by atoms with Crippen LogP contribution >= 0.6 is 0 Å². The van der Waals surface area contributed by atoms with Crippen molar-refractivity contribution in [1.82, 2.24) is 0 Å². The average molecular weight is 246 g/mol. The van der Waals surface area contributed by atoms with Gasteiger partial charge < -0.3 is 14.2 Å². The van der Waals surface area contributed by atoms with Crippen molar-refractivity contribution in [3.8, 4) is 17.2 Å². The van der Waals surface area contributed by atoms with Gasteiger partial charge in [-0.05, 0) is 6.07 Å². The third-order valence-electron chi connectivity index (χ3n) is 3.12. The number of aromatic nitrogens is 1. The Morgan fingerprint density at radius 3 is 3.06 bits per heavy atom. The van der Waals surface area contributed by atoms with Crippen LogP contribution in [0.3, 0.4) is 0 Å². The summed E-state index contributed by atoms with van der Waals surface area (Å²) >= 11 is 0. The van der Waals surface area contributed by atoms with Gasteiger partial charge in [-0.15, -0.1) is 0 Å². The standard InChI is InChI=1S/C14H16NO3/c1-3-5-15-6-4-10-7-12-14(18-9-17-12)13(16-2)11(10)8-15/h4,6-8H,3,5,9H2,1-2H3/q+1. The van der Waals surface area contributed by atoms with Gasteiger partial charge in [-0.1, -0.05) is 6.92 Å². The van der Waals surface area contributed by atoms with E-state index in [2.05, 4.69) is 30.0 Å². The Morgan fingerprint density at radius 2 is 2.28 bits per heavy atom. The highest BCUT2D eigenvalue weighted by atomic mass is 16.7. The molecule has 0 spiro atoms. The van der Waals surface area contributed by atoms with E-state index in [1.807, 2.05) is 6.07 Å². The van der Waals surface area contributed by atoms with E-state index in [-0.39, 0.29) is 6.79 Å². The second-order valence-electron chi connectivity index (χ2n) is 4.33. The molecule has 1 aromatic heterocycles. The molecule has 0 fully saturated rings. The Bertz CT molecular complexity index is 595. The van der Waals surface area contributed by atoms with Crippen LogP contribution in [0.15, 0.2) is 24.5 Å². The van der Waals surface area contributed by atoms with Crippen LogP contribution < -0.4 is 18.8 Å². The predicted octanol–water partition coefficient (Wildman–Crippen LogP) is 2.27. The molecule has 1 aromatic carbocycles. The predicted molar refractivity (Wildman–Crippen MR) is 67.1 cm³/mol. The van der Waals surface area contributed by atoms with Crippen LogP contribution in [0.1, 0.15) is 13.3 Å². The number of rotatable bonds is 3. The van der Waals surface area contributed by atoms with Gasteiger partial charge in [0.25, 0.3) is 0 Å². The fraction of sp³-hybridized carbons (Fsp3) is 0.357. The molecule has 0 saturated carbocycles. The molecule has 1 aliphatic rings. The second kappa shape index (κ2) is 4.37. The molecule has 94 valence electrons. The molecule has 0 atom stereocenters. The molecule has 0 saturated heterocycles. The zero-order chi connectivity index (χ0) is 12.5. The Kier molecular flexibility index (Phi) is 2.70. The van der Waals surface area contributed by atoms with Gasteiger partial charge in [-0.3, -0.25) is 0 Å². The Hall–Kier alpha value is -1.97. The Morgan fingerprint density at radius 1 is 1.39 bits per heavy atom. The van der Waals surface area contributed by atoms with E-state index in [9.17, 15) is 0 Å². The van der Waals surface area contributed by atoms with Crippen molar-refractivity contribution in [1.29, 1.82) is 0 Å². The van der Waals surface area contributed by atoms with Crippen molar-refractivity contribution < 1.29 is 18.8 Å². The lowest BCUT2D eigenvalue weighted by Gasteiger charge is -2.08. The molecule has 0 unspecified atom stereocenters. The molecule has 18 heavy (non-hydrogen) atoms. The maximum absolute atomic E-state index is 5.49. The number of benzene rings is 1. The number of hydrogen-bond donors (Lipinski definition) is 0. The monoisotopic (exact) mass is 246 g/mol.